The van der Waals surface area contributed by atoms with E-state index in [2.05, 4.69) is 15.0 Å². The Hall–Kier alpha value is -3.86. The van der Waals surface area contributed by atoms with Crippen molar-refractivity contribution in [3.8, 4) is 28.1 Å². The number of fused-ring (bicyclic) bond motifs is 2. The third-order valence-corrected chi connectivity index (χ3v) is 5.07. The number of phenols is 1. The van der Waals surface area contributed by atoms with Crippen LogP contribution < -0.4 is 0 Å². The topological polar surface area (TPSA) is 58.9 Å². The van der Waals surface area contributed by atoms with Crippen LogP contribution in [0.1, 0.15) is 5.56 Å². The summed E-state index contributed by atoms with van der Waals surface area (Å²) in [4.78, 5) is 13.1. The van der Waals surface area contributed by atoms with Gasteiger partial charge < -0.3 is 5.11 Å². The highest BCUT2D eigenvalue weighted by molar-refractivity contribution is 6.06. The maximum Gasteiger partial charge on any atom is 0.160 e. The van der Waals surface area contributed by atoms with Gasteiger partial charge in [-0.15, -0.1) is 0 Å². The predicted molar refractivity (Wildman–Crippen MR) is 112 cm³/mol. The van der Waals surface area contributed by atoms with Gasteiger partial charge in [0, 0.05) is 34.9 Å². The number of hydrogen-bond acceptors (Lipinski definition) is 4. The molecule has 0 atom stereocenters. The smallest absolute Gasteiger partial charge is 0.160 e. The monoisotopic (exact) mass is 381 g/mol. The molecule has 2 aromatic carbocycles. The summed E-state index contributed by atoms with van der Waals surface area (Å²) in [5.74, 6) is -0.164. The van der Waals surface area contributed by atoms with E-state index in [0.717, 1.165) is 27.5 Å². The van der Waals surface area contributed by atoms with E-state index < -0.39 is 0 Å². The first-order valence-corrected chi connectivity index (χ1v) is 9.20. The molecular formula is C24H16FN3O. The highest BCUT2D eigenvalue weighted by Gasteiger charge is 2.15. The molecule has 1 N–H and O–H groups in total. The van der Waals surface area contributed by atoms with E-state index in [1.54, 1.807) is 36.8 Å². The number of halogens is 1. The van der Waals surface area contributed by atoms with Crippen LogP contribution in [0.3, 0.4) is 0 Å². The second-order valence-corrected chi connectivity index (χ2v) is 6.97. The minimum atomic E-state index is -0.330. The van der Waals surface area contributed by atoms with Crippen LogP contribution >= 0.6 is 0 Å². The SMILES string of the molecule is Cc1ccc(F)c(-c2cc(-c3ccc(O)c4cnccc34)c3cccnc3n2)c1. The number of hydrogen-bond donors (Lipinski definition) is 1. The Morgan fingerprint density at radius 3 is 2.62 bits per heavy atom. The molecule has 0 unspecified atom stereocenters. The van der Waals surface area contributed by atoms with Crippen molar-refractivity contribution in [2.75, 3.05) is 0 Å². The zero-order valence-electron chi connectivity index (χ0n) is 15.6. The lowest BCUT2D eigenvalue weighted by Gasteiger charge is -2.13. The summed E-state index contributed by atoms with van der Waals surface area (Å²) in [6.45, 7) is 1.92. The average molecular weight is 381 g/mol. The minimum Gasteiger partial charge on any atom is -0.507 e. The molecule has 5 rings (SSSR count). The van der Waals surface area contributed by atoms with Crippen LogP contribution in [0.2, 0.25) is 0 Å². The van der Waals surface area contributed by atoms with Gasteiger partial charge in [-0.2, -0.15) is 0 Å². The molecule has 0 bridgehead atoms. The Balaban J connectivity index is 1.88. The maximum atomic E-state index is 14.6. The van der Waals surface area contributed by atoms with Crippen molar-refractivity contribution in [1.29, 1.82) is 0 Å². The number of aromatic hydroxyl groups is 1. The van der Waals surface area contributed by atoms with Crippen LogP contribution in [-0.4, -0.2) is 20.1 Å². The van der Waals surface area contributed by atoms with Gasteiger partial charge in [0.05, 0.1) is 5.69 Å². The second-order valence-electron chi connectivity index (χ2n) is 6.97. The lowest BCUT2D eigenvalue weighted by Crippen LogP contribution is -1.95. The van der Waals surface area contributed by atoms with E-state index in [0.29, 0.717) is 22.3 Å². The molecule has 0 aliphatic carbocycles. The first kappa shape index (κ1) is 17.3. The second kappa shape index (κ2) is 6.63. The standard InChI is InChI=1S/C24H16FN3O/c1-14-4-6-21(25)19(11-14)22-12-18(17-3-2-9-27-24(17)28-22)15-5-7-23(29)20-13-26-10-8-16(15)20/h2-13,29H,1H3. The lowest BCUT2D eigenvalue weighted by atomic mass is 9.95. The maximum absolute atomic E-state index is 14.6. The van der Waals surface area contributed by atoms with Gasteiger partial charge in [0.1, 0.15) is 11.6 Å². The molecule has 0 amide bonds. The van der Waals surface area contributed by atoms with Crippen molar-refractivity contribution in [2.45, 2.75) is 6.92 Å². The number of phenolic OH excluding ortho intramolecular Hbond substituents is 1. The van der Waals surface area contributed by atoms with Crippen molar-refractivity contribution >= 4 is 21.8 Å². The van der Waals surface area contributed by atoms with Crippen molar-refractivity contribution in [3.05, 3.63) is 84.6 Å². The summed E-state index contributed by atoms with van der Waals surface area (Å²) in [5, 5.41) is 12.6. The molecule has 0 aliphatic heterocycles. The molecule has 0 spiro atoms. The van der Waals surface area contributed by atoms with Crippen LogP contribution in [0.15, 0.2) is 73.2 Å². The van der Waals surface area contributed by atoms with Crippen LogP contribution in [0.25, 0.3) is 44.2 Å². The van der Waals surface area contributed by atoms with Gasteiger partial charge in [-0.1, -0.05) is 17.7 Å². The fourth-order valence-corrected chi connectivity index (χ4v) is 3.66. The average Bonchev–Trinajstić information content (AvgIpc) is 2.75. The van der Waals surface area contributed by atoms with Gasteiger partial charge in [-0.3, -0.25) is 4.98 Å². The minimum absolute atomic E-state index is 0.165. The highest BCUT2D eigenvalue weighted by Crippen LogP contribution is 2.38. The van der Waals surface area contributed by atoms with Crippen molar-refractivity contribution < 1.29 is 9.50 Å². The van der Waals surface area contributed by atoms with Crippen molar-refractivity contribution in [1.82, 2.24) is 15.0 Å². The summed E-state index contributed by atoms with van der Waals surface area (Å²) < 4.78 is 14.6. The third-order valence-electron chi connectivity index (χ3n) is 5.07. The molecule has 0 aliphatic rings. The number of rotatable bonds is 2. The molecule has 29 heavy (non-hydrogen) atoms. The van der Waals surface area contributed by atoms with E-state index in [1.807, 2.05) is 37.3 Å². The Kier molecular flexibility index (Phi) is 3.95. The van der Waals surface area contributed by atoms with E-state index in [-0.39, 0.29) is 11.6 Å². The fraction of sp³-hybridized carbons (Fsp3) is 0.0417. The van der Waals surface area contributed by atoms with E-state index in [1.165, 1.54) is 6.07 Å². The molecule has 5 heteroatoms. The molecular weight excluding hydrogens is 365 g/mol. The number of nitrogens with zero attached hydrogens (tertiary/aromatic N) is 3. The molecule has 4 nitrogen and oxygen atoms in total. The molecule has 5 aromatic rings. The zero-order chi connectivity index (χ0) is 20.0. The Bertz CT molecular complexity index is 1400. The van der Waals surface area contributed by atoms with Gasteiger partial charge >= 0.3 is 0 Å². The summed E-state index contributed by atoms with van der Waals surface area (Å²) >= 11 is 0. The summed E-state index contributed by atoms with van der Waals surface area (Å²) in [5.41, 5.74) is 4.21. The number of aromatic nitrogens is 3. The third kappa shape index (κ3) is 2.88. The number of aryl methyl sites for hydroxylation is 1. The largest absolute Gasteiger partial charge is 0.507 e. The number of pyridine rings is 3. The van der Waals surface area contributed by atoms with Crippen LogP contribution in [0.5, 0.6) is 5.75 Å². The summed E-state index contributed by atoms with van der Waals surface area (Å²) in [6, 6.07) is 16.0. The van der Waals surface area contributed by atoms with Crippen LogP contribution in [0, 0.1) is 12.7 Å². The first-order chi connectivity index (χ1) is 14.1. The molecule has 0 saturated carbocycles. The lowest BCUT2D eigenvalue weighted by molar-refractivity contribution is 0.481. The van der Waals surface area contributed by atoms with Gasteiger partial charge in [0.2, 0.25) is 0 Å². The Morgan fingerprint density at radius 1 is 0.828 bits per heavy atom. The number of benzene rings is 2. The van der Waals surface area contributed by atoms with Gasteiger partial charge in [-0.05, 0) is 65.9 Å². The van der Waals surface area contributed by atoms with Gasteiger partial charge in [-0.25, -0.2) is 14.4 Å². The predicted octanol–water partition coefficient (Wildman–Crippen LogP) is 5.67. The van der Waals surface area contributed by atoms with Crippen molar-refractivity contribution in [2.24, 2.45) is 0 Å². The molecule has 0 radical (unpaired) electrons. The zero-order valence-corrected chi connectivity index (χ0v) is 15.6. The van der Waals surface area contributed by atoms with Gasteiger partial charge in [0.15, 0.2) is 5.65 Å². The first-order valence-electron chi connectivity index (χ1n) is 9.20. The quantitative estimate of drug-likeness (QED) is 0.428. The Labute approximate surface area is 166 Å². The normalized spacial score (nSPS) is 11.2. The van der Waals surface area contributed by atoms with Crippen LogP contribution in [-0.2, 0) is 0 Å². The van der Waals surface area contributed by atoms with E-state index >= 15 is 0 Å². The molecule has 0 saturated heterocycles. The van der Waals surface area contributed by atoms with Gasteiger partial charge in [0.25, 0.3) is 0 Å². The molecule has 3 heterocycles. The molecule has 140 valence electrons. The van der Waals surface area contributed by atoms with E-state index in [9.17, 15) is 9.50 Å². The highest BCUT2D eigenvalue weighted by atomic mass is 19.1. The van der Waals surface area contributed by atoms with Crippen molar-refractivity contribution in [3.63, 3.8) is 0 Å². The Morgan fingerprint density at radius 2 is 1.72 bits per heavy atom. The molecule has 0 fully saturated rings. The summed E-state index contributed by atoms with van der Waals surface area (Å²) in [6.07, 6.45) is 5.00. The molecule has 3 aromatic heterocycles. The van der Waals surface area contributed by atoms with Crippen LogP contribution in [0.4, 0.5) is 4.39 Å². The fourth-order valence-electron chi connectivity index (χ4n) is 3.66. The summed E-state index contributed by atoms with van der Waals surface area (Å²) in [7, 11) is 0. The van der Waals surface area contributed by atoms with E-state index in [4.69, 9.17) is 0 Å².